The minimum atomic E-state index is -0.454. The molecule has 0 amide bonds. The summed E-state index contributed by atoms with van der Waals surface area (Å²) in [7, 11) is 0. The molecule has 0 atom stereocenters. The van der Waals surface area contributed by atoms with E-state index in [0.717, 1.165) is 11.1 Å². The van der Waals surface area contributed by atoms with E-state index in [1.165, 1.54) is 12.1 Å². The molecule has 112 valence electrons. The number of nitrogens with one attached hydrogen (secondary N) is 1. The Hall–Kier alpha value is -3.15. The number of phenolic OH excluding ortho intramolecular Hbond substituents is 1. The van der Waals surface area contributed by atoms with Crippen LogP contribution in [0.5, 0.6) is 5.75 Å². The number of nitro benzene ring substituents is 1. The fourth-order valence-electron chi connectivity index (χ4n) is 1.84. The molecule has 0 aliphatic heterocycles. The number of hydrogen-bond acceptors (Lipinski definition) is 5. The van der Waals surface area contributed by atoms with Gasteiger partial charge >= 0.3 is 0 Å². The maximum atomic E-state index is 10.6. The zero-order valence-electron chi connectivity index (χ0n) is 11.8. The number of aromatic hydroxyl groups is 1. The Morgan fingerprint density at radius 1 is 1.27 bits per heavy atom. The average Bonchev–Trinajstić information content (AvgIpc) is 2.51. The van der Waals surface area contributed by atoms with Crippen LogP contribution in [0.1, 0.15) is 11.1 Å². The van der Waals surface area contributed by atoms with Crippen molar-refractivity contribution in [2.45, 2.75) is 6.42 Å². The SMILES string of the molecule is C=CCc1cc(/C=N/Nc2ccc([N+](=O)[O-])cc2)ccc1O. The Bertz CT molecular complexity index is 709. The number of nitro groups is 1. The summed E-state index contributed by atoms with van der Waals surface area (Å²) in [6.07, 6.45) is 3.89. The molecule has 2 aromatic rings. The van der Waals surface area contributed by atoms with Gasteiger partial charge in [-0.05, 0) is 47.9 Å². The molecule has 2 aromatic carbocycles. The van der Waals surface area contributed by atoms with Crippen LogP contribution in [0.15, 0.2) is 60.2 Å². The summed E-state index contributed by atoms with van der Waals surface area (Å²) in [6, 6.07) is 11.1. The van der Waals surface area contributed by atoms with Crippen LogP contribution in [0.3, 0.4) is 0 Å². The molecule has 0 spiro atoms. The van der Waals surface area contributed by atoms with Gasteiger partial charge in [0.15, 0.2) is 0 Å². The Morgan fingerprint density at radius 3 is 2.64 bits per heavy atom. The number of allylic oxidation sites excluding steroid dienone is 1. The highest BCUT2D eigenvalue weighted by Crippen LogP contribution is 2.19. The molecule has 0 unspecified atom stereocenters. The second kappa shape index (κ2) is 7.03. The van der Waals surface area contributed by atoms with Gasteiger partial charge in [-0.15, -0.1) is 6.58 Å². The van der Waals surface area contributed by atoms with Crippen molar-refractivity contribution in [1.82, 2.24) is 0 Å². The predicted octanol–water partition coefficient (Wildman–Crippen LogP) is 3.47. The normalized spacial score (nSPS) is 10.5. The lowest BCUT2D eigenvalue weighted by atomic mass is 10.1. The van der Waals surface area contributed by atoms with Crippen LogP contribution in [0.25, 0.3) is 0 Å². The van der Waals surface area contributed by atoms with Gasteiger partial charge in [-0.3, -0.25) is 15.5 Å². The highest BCUT2D eigenvalue weighted by molar-refractivity contribution is 5.81. The first kappa shape index (κ1) is 15.2. The second-order valence-electron chi connectivity index (χ2n) is 4.55. The predicted molar refractivity (Wildman–Crippen MR) is 86.3 cm³/mol. The second-order valence-corrected chi connectivity index (χ2v) is 4.55. The molecule has 2 rings (SSSR count). The Labute approximate surface area is 127 Å². The summed E-state index contributed by atoms with van der Waals surface area (Å²) in [5, 5.41) is 24.3. The summed E-state index contributed by atoms with van der Waals surface area (Å²) >= 11 is 0. The number of hydrazone groups is 1. The molecule has 0 radical (unpaired) electrons. The van der Waals surface area contributed by atoms with Crippen molar-refractivity contribution in [3.05, 3.63) is 76.4 Å². The molecule has 0 aliphatic carbocycles. The summed E-state index contributed by atoms with van der Waals surface area (Å²) in [5.74, 6) is 0.223. The summed E-state index contributed by atoms with van der Waals surface area (Å²) in [5.41, 5.74) is 5.06. The van der Waals surface area contributed by atoms with Gasteiger partial charge in [0.1, 0.15) is 5.75 Å². The van der Waals surface area contributed by atoms with Gasteiger partial charge in [0, 0.05) is 12.1 Å². The average molecular weight is 297 g/mol. The standard InChI is InChI=1S/C16H15N3O3/c1-2-3-13-10-12(4-9-16(13)20)11-17-18-14-5-7-15(8-6-14)19(21)22/h2,4-11,18,20H,1,3H2/b17-11+. The third kappa shape index (κ3) is 3.92. The van der Waals surface area contributed by atoms with Crippen LogP contribution < -0.4 is 5.43 Å². The maximum Gasteiger partial charge on any atom is 0.269 e. The van der Waals surface area contributed by atoms with Crippen molar-refractivity contribution in [3.63, 3.8) is 0 Å². The van der Waals surface area contributed by atoms with E-state index in [9.17, 15) is 15.2 Å². The molecule has 0 aromatic heterocycles. The molecule has 0 heterocycles. The van der Waals surface area contributed by atoms with E-state index in [4.69, 9.17) is 0 Å². The number of rotatable bonds is 6. The van der Waals surface area contributed by atoms with Crippen LogP contribution in [0, 0.1) is 10.1 Å². The highest BCUT2D eigenvalue weighted by atomic mass is 16.6. The first-order chi connectivity index (χ1) is 10.6. The number of nitrogens with zero attached hydrogens (tertiary/aromatic N) is 2. The Morgan fingerprint density at radius 2 is 2.00 bits per heavy atom. The monoisotopic (exact) mass is 297 g/mol. The zero-order chi connectivity index (χ0) is 15.9. The number of anilines is 1. The molecule has 0 saturated heterocycles. The van der Waals surface area contributed by atoms with Crippen molar-refractivity contribution in [2.75, 3.05) is 5.43 Å². The van der Waals surface area contributed by atoms with Crippen LogP contribution in [-0.2, 0) is 6.42 Å². The number of phenols is 1. The lowest BCUT2D eigenvalue weighted by Gasteiger charge is -2.03. The molecule has 0 fully saturated rings. The molecular weight excluding hydrogens is 282 g/mol. The number of non-ortho nitro benzene ring substituents is 1. The zero-order valence-corrected chi connectivity index (χ0v) is 11.8. The molecule has 22 heavy (non-hydrogen) atoms. The van der Waals surface area contributed by atoms with Crippen molar-refractivity contribution in [3.8, 4) is 5.75 Å². The molecule has 6 heteroatoms. The van der Waals surface area contributed by atoms with E-state index >= 15 is 0 Å². The first-order valence-electron chi connectivity index (χ1n) is 6.56. The van der Waals surface area contributed by atoms with Crippen LogP contribution in [0.4, 0.5) is 11.4 Å². The van der Waals surface area contributed by atoms with Gasteiger partial charge in [-0.2, -0.15) is 5.10 Å². The minimum Gasteiger partial charge on any atom is -0.508 e. The molecule has 0 saturated carbocycles. The molecule has 6 nitrogen and oxygen atoms in total. The van der Waals surface area contributed by atoms with Gasteiger partial charge in [-0.25, -0.2) is 0 Å². The van der Waals surface area contributed by atoms with E-state index in [1.807, 2.05) is 6.07 Å². The Kier molecular flexibility index (Phi) is 4.87. The molecular formula is C16H15N3O3. The van der Waals surface area contributed by atoms with Crippen LogP contribution >= 0.6 is 0 Å². The van der Waals surface area contributed by atoms with E-state index in [1.54, 1.807) is 36.6 Å². The summed E-state index contributed by atoms with van der Waals surface area (Å²) in [6.45, 7) is 3.64. The fraction of sp³-hybridized carbons (Fsp3) is 0.0625. The van der Waals surface area contributed by atoms with Gasteiger partial charge in [0.25, 0.3) is 5.69 Å². The van der Waals surface area contributed by atoms with Crippen molar-refractivity contribution < 1.29 is 10.0 Å². The fourth-order valence-corrected chi connectivity index (χ4v) is 1.84. The summed E-state index contributed by atoms with van der Waals surface area (Å²) < 4.78 is 0. The lowest BCUT2D eigenvalue weighted by Crippen LogP contribution is -1.93. The van der Waals surface area contributed by atoms with E-state index in [-0.39, 0.29) is 11.4 Å². The summed E-state index contributed by atoms with van der Waals surface area (Å²) in [4.78, 5) is 10.1. The third-order valence-corrected chi connectivity index (χ3v) is 2.95. The quantitative estimate of drug-likeness (QED) is 0.370. The largest absolute Gasteiger partial charge is 0.508 e. The van der Waals surface area contributed by atoms with Gasteiger partial charge in [-0.1, -0.05) is 6.08 Å². The number of benzene rings is 2. The van der Waals surface area contributed by atoms with Gasteiger partial charge in [0.2, 0.25) is 0 Å². The van der Waals surface area contributed by atoms with E-state index in [0.29, 0.717) is 12.1 Å². The van der Waals surface area contributed by atoms with Crippen molar-refractivity contribution >= 4 is 17.6 Å². The Balaban J connectivity index is 2.04. The van der Waals surface area contributed by atoms with Crippen LogP contribution in [0.2, 0.25) is 0 Å². The maximum absolute atomic E-state index is 10.6. The van der Waals surface area contributed by atoms with Crippen LogP contribution in [-0.4, -0.2) is 16.2 Å². The smallest absolute Gasteiger partial charge is 0.269 e. The first-order valence-corrected chi connectivity index (χ1v) is 6.56. The minimum absolute atomic E-state index is 0.0298. The van der Waals surface area contributed by atoms with Gasteiger partial charge in [0.05, 0.1) is 16.8 Å². The van der Waals surface area contributed by atoms with E-state index < -0.39 is 4.92 Å². The number of hydrogen-bond donors (Lipinski definition) is 2. The molecule has 0 aliphatic rings. The molecule has 0 bridgehead atoms. The van der Waals surface area contributed by atoms with Crippen molar-refractivity contribution in [1.29, 1.82) is 0 Å². The van der Waals surface area contributed by atoms with Crippen molar-refractivity contribution in [2.24, 2.45) is 5.10 Å². The topological polar surface area (TPSA) is 87.8 Å². The molecule has 2 N–H and O–H groups in total. The highest BCUT2D eigenvalue weighted by Gasteiger charge is 2.03. The lowest BCUT2D eigenvalue weighted by molar-refractivity contribution is -0.384. The third-order valence-electron chi connectivity index (χ3n) is 2.95. The van der Waals surface area contributed by atoms with E-state index in [2.05, 4.69) is 17.1 Å². The van der Waals surface area contributed by atoms with Gasteiger partial charge < -0.3 is 5.11 Å².